The molecule has 0 unspecified atom stereocenters. The summed E-state index contributed by atoms with van der Waals surface area (Å²) in [6.07, 6.45) is 2.39. The van der Waals surface area contributed by atoms with Crippen LogP contribution >= 0.6 is 0 Å². The van der Waals surface area contributed by atoms with E-state index in [0.717, 1.165) is 12.0 Å². The molecule has 0 spiro atoms. The summed E-state index contributed by atoms with van der Waals surface area (Å²) in [4.78, 5) is 3.72. The first-order valence-electron chi connectivity index (χ1n) is 3.53. The van der Waals surface area contributed by atoms with Crippen LogP contribution < -0.4 is 5.32 Å². The number of nitrogens with one attached hydrogen (secondary N) is 1. The molecule has 0 radical (unpaired) electrons. The molecule has 0 aliphatic heterocycles. The first-order chi connectivity index (χ1) is 5.26. The van der Waals surface area contributed by atoms with Gasteiger partial charge in [0.15, 0.2) is 0 Å². The van der Waals surface area contributed by atoms with E-state index in [-0.39, 0.29) is 0 Å². The van der Waals surface area contributed by atoms with Crippen LogP contribution in [0.3, 0.4) is 0 Å². The maximum Gasteiger partial charge on any atom is 0.117 e. The Bertz CT molecular complexity index is 208. The van der Waals surface area contributed by atoms with E-state index < -0.39 is 0 Å². The molecule has 0 rings (SSSR count). The van der Waals surface area contributed by atoms with Gasteiger partial charge in [-0.1, -0.05) is 6.92 Å². The van der Waals surface area contributed by atoms with Crippen LogP contribution in [0.15, 0.2) is 16.3 Å². The van der Waals surface area contributed by atoms with Gasteiger partial charge in [-0.3, -0.25) is 4.99 Å². The van der Waals surface area contributed by atoms with Crippen molar-refractivity contribution in [2.45, 2.75) is 20.3 Å². The minimum Gasteiger partial charge on any atom is -0.338 e. The number of allylic oxidation sites excluding steroid dienone is 2. The first-order valence-corrected chi connectivity index (χ1v) is 3.53. The van der Waals surface area contributed by atoms with Gasteiger partial charge in [0.05, 0.1) is 6.34 Å². The molecule has 0 bridgehead atoms. The third-order valence-electron chi connectivity index (χ3n) is 1.41. The Morgan fingerprint density at radius 1 is 1.73 bits per heavy atom. The standard InChI is InChI=1S/C8H13N3/c1-4-7(2)8(5-9)11-6-10-3/h6H,4H2,1-3H3,(H,10,11)/b8-7+. The number of nitrogens with zero attached hydrogens (tertiary/aromatic N) is 2. The molecule has 0 aromatic rings. The summed E-state index contributed by atoms with van der Waals surface area (Å²) in [5.41, 5.74) is 1.64. The highest BCUT2D eigenvalue weighted by molar-refractivity contribution is 5.59. The molecule has 0 saturated heterocycles. The number of rotatable bonds is 3. The van der Waals surface area contributed by atoms with Gasteiger partial charge in [-0.15, -0.1) is 0 Å². The molecule has 0 heterocycles. The van der Waals surface area contributed by atoms with Crippen molar-refractivity contribution in [3.8, 4) is 6.07 Å². The van der Waals surface area contributed by atoms with E-state index in [2.05, 4.69) is 16.4 Å². The van der Waals surface area contributed by atoms with Crippen LogP contribution in [0.5, 0.6) is 0 Å². The van der Waals surface area contributed by atoms with Crippen molar-refractivity contribution in [1.82, 2.24) is 5.32 Å². The monoisotopic (exact) mass is 151 g/mol. The number of aliphatic imine (C=N–C) groups is 1. The van der Waals surface area contributed by atoms with E-state index in [4.69, 9.17) is 5.26 Å². The van der Waals surface area contributed by atoms with E-state index in [0.29, 0.717) is 5.70 Å². The predicted molar refractivity (Wildman–Crippen MR) is 46.2 cm³/mol. The molecule has 3 nitrogen and oxygen atoms in total. The second-order valence-electron chi connectivity index (χ2n) is 2.15. The molecule has 0 aromatic heterocycles. The summed E-state index contributed by atoms with van der Waals surface area (Å²) in [5.74, 6) is 0. The van der Waals surface area contributed by atoms with E-state index in [1.54, 1.807) is 7.05 Å². The van der Waals surface area contributed by atoms with Crippen molar-refractivity contribution in [3.63, 3.8) is 0 Å². The van der Waals surface area contributed by atoms with Crippen LogP contribution in [0.4, 0.5) is 0 Å². The smallest absolute Gasteiger partial charge is 0.117 e. The van der Waals surface area contributed by atoms with Crippen molar-refractivity contribution < 1.29 is 0 Å². The molecule has 0 saturated carbocycles. The van der Waals surface area contributed by atoms with E-state index in [9.17, 15) is 0 Å². The van der Waals surface area contributed by atoms with Gasteiger partial charge in [0.25, 0.3) is 0 Å². The lowest BCUT2D eigenvalue weighted by Crippen LogP contribution is -2.10. The van der Waals surface area contributed by atoms with Gasteiger partial charge in [-0.05, 0) is 18.9 Å². The Labute approximate surface area is 67.4 Å². The molecule has 60 valence electrons. The van der Waals surface area contributed by atoms with Crippen LogP contribution in [0.25, 0.3) is 0 Å². The summed E-state index contributed by atoms with van der Waals surface area (Å²) in [6.45, 7) is 3.94. The van der Waals surface area contributed by atoms with Crippen molar-refractivity contribution in [1.29, 1.82) is 5.26 Å². The highest BCUT2D eigenvalue weighted by atomic mass is 14.9. The fourth-order valence-electron chi connectivity index (χ4n) is 0.557. The van der Waals surface area contributed by atoms with Gasteiger partial charge in [0, 0.05) is 7.05 Å². The highest BCUT2D eigenvalue weighted by Gasteiger charge is 1.95. The second kappa shape index (κ2) is 5.48. The molecule has 1 N–H and O–H groups in total. The minimum absolute atomic E-state index is 0.595. The van der Waals surface area contributed by atoms with Crippen LogP contribution in [0, 0.1) is 11.3 Å². The van der Waals surface area contributed by atoms with Gasteiger partial charge >= 0.3 is 0 Å². The van der Waals surface area contributed by atoms with Crippen LogP contribution in [0.1, 0.15) is 20.3 Å². The Balaban J connectivity index is 4.30. The van der Waals surface area contributed by atoms with Crippen molar-refractivity contribution >= 4 is 6.34 Å². The van der Waals surface area contributed by atoms with Crippen LogP contribution in [-0.2, 0) is 0 Å². The Morgan fingerprint density at radius 3 is 2.73 bits per heavy atom. The lowest BCUT2D eigenvalue weighted by molar-refractivity contribution is 1.03. The van der Waals surface area contributed by atoms with E-state index >= 15 is 0 Å². The van der Waals surface area contributed by atoms with E-state index in [1.807, 2.05) is 13.8 Å². The third-order valence-corrected chi connectivity index (χ3v) is 1.41. The van der Waals surface area contributed by atoms with Crippen LogP contribution in [0.2, 0.25) is 0 Å². The number of hydrogen-bond donors (Lipinski definition) is 1. The molecular weight excluding hydrogens is 138 g/mol. The third kappa shape index (κ3) is 3.41. The van der Waals surface area contributed by atoms with Gasteiger partial charge in [0.1, 0.15) is 11.8 Å². The van der Waals surface area contributed by atoms with Gasteiger partial charge in [0.2, 0.25) is 0 Å². The quantitative estimate of drug-likeness (QED) is 0.377. The summed E-state index contributed by atoms with van der Waals surface area (Å²) in [6, 6.07) is 2.06. The van der Waals surface area contributed by atoms with Crippen molar-refractivity contribution in [2.24, 2.45) is 4.99 Å². The minimum atomic E-state index is 0.595. The predicted octanol–water partition coefficient (Wildman–Crippen LogP) is 1.44. The lowest BCUT2D eigenvalue weighted by atomic mass is 10.2. The second-order valence-corrected chi connectivity index (χ2v) is 2.15. The largest absolute Gasteiger partial charge is 0.338 e. The first kappa shape index (κ1) is 9.70. The fraction of sp³-hybridized carbons (Fsp3) is 0.500. The summed E-state index contributed by atoms with van der Waals surface area (Å²) in [7, 11) is 1.66. The van der Waals surface area contributed by atoms with Crippen molar-refractivity contribution in [3.05, 3.63) is 11.3 Å². The normalized spacial score (nSPS) is 12.5. The Morgan fingerprint density at radius 2 is 2.36 bits per heavy atom. The molecule has 0 aromatic carbocycles. The summed E-state index contributed by atoms with van der Waals surface area (Å²) >= 11 is 0. The zero-order valence-electron chi connectivity index (χ0n) is 7.18. The molecule has 0 amide bonds. The maximum atomic E-state index is 8.62. The summed E-state index contributed by atoms with van der Waals surface area (Å²) in [5, 5.41) is 11.4. The van der Waals surface area contributed by atoms with Crippen molar-refractivity contribution in [2.75, 3.05) is 7.05 Å². The molecule has 3 heteroatoms. The number of hydrogen-bond acceptors (Lipinski definition) is 2. The van der Waals surface area contributed by atoms with Gasteiger partial charge in [-0.2, -0.15) is 5.26 Å². The van der Waals surface area contributed by atoms with E-state index in [1.165, 1.54) is 6.34 Å². The van der Waals surface area contributed by atoms with Gasteiger partial charge in [-0.25, -0.2) is 0 Å². The number of nitriles is 1. The molecule has 0 fully saturated rings. The average Bonchev–Trinajstić information content (AvgIpc) is 2.05. The van der Waals surface area contributed by atoms with Crippen LogP contribution in [-0.4, -0.2) is 13.4 Å². The molecule has 0 aliphatic rings. The maximum absolute atomic E-state index is 8.62. The van der Waals surface area contributed by atoms with Gasteiger partial charge < -0.3 is 5.32 Å². The Hall–Kier alpha value is -1.30. The topological polar surface area (TPSA) is 48.2 Å². The molecule has 0 atom stereocenters. The highest BCUT2D eigenvalue weighted by Crippen LogP contribution is 2.02. The fourth-order valence-corrected chi connectivity index (χ4v) is 0.557. The molecule has 0 aliphatic carbocycles. The summed E-state index contributed by atoms with van der Waals surface area (Å²) < 4.78 is 0. The zero-order valence-corrected chi connectivity index (χ0v) is 7.18. The molecule has 11 heavy (non-hydrogen) atoms. The zero-order chi connectivity index (χ0) is 8.69. The average molecular weight is 151 g/mol. The molecular formula is C8H13N3. The lowest BCUT2D eigenvalue weighted by Gasteiger charge is -2.00. The Kier molecular flexibility index (Phi) is 4.83. The SMILES string of the molecule is CC/C(C)=C(\C#N)NC=NC.